The molecule has 0 saturated carbocycles. The molecule has 31 heavy (non-hydrogen) atoms. The van der Waals surface area contributed by atoms with Crippen LogP contribution in [0.25, 0.3) is 0 Å². The standard InChI is InChI=1S/C26H21BrN2OS/c1-30-21-12-9-19(10-13-21)26-28-24-14-11-20(27)16-23(24)25(18-6-3-2-4-7-18)29(26)17-22-8-5-15-31-22/h2-16,25H,17H2,1H3. The van der Waals surface area contributed by atoms with Crippen molar-refractivity contribution in [3.05, 3.63) is 116 Å². The summed E-state index contributed by atoms with van der Waals surface area (Å²) < 4.78 is 6.43. The monoisotopic (exact) mass is 488 g/mol. The van der Waals surface area contributed by atoms with Crippen LogP contribution in [0.1, 0.15) is 27.6 Å². The van der Waals surface area contributed by atoms with Crippen molar-refractivity contribution < 1.29 is 4.74 Å². The highest BCUT2D eigenvalue weighted by Gasteiger charge is 2.32. The van der Waals surface area contributed by atoms with Gasteiger partial charge in [-0.2, -0.15) is 0 Å². The van der Waals surface area contributed by atoms with Crippen LogP contribution in [0.3, 0.4) is 0 Å². The average molecular weight is 489 g/mol. The molecule has 3 nitrogen and oxygen atoms in total. The van der Waals surface area contributed by atoms with Gasteiger partial charge in [0.2, 0.25) is 0 Å². The van der Waals surface area contributed by atoms with Crippen molar-refractivity contribution in [1.29, 1.82) is 0 Å². The fourth-order valence-electron chi connectivity index (χ4n) is 4.02. The van der Waals surface area contributed by atoms with Gasteiger partial charge in [-0.1, -0.05) is 52.3 Å². The zero-order chi connectivity index (χ0) is 21.2. The van der Waals surface area contributed by atoms with Crippen LogP contribution in [0.2, 0.25) is 0 Å². The molecule has 0 fully saturated rings. The highest BCUT2D eigenvalue weighted by Crippen LogP contribution is 2.42. The van der Waals surface area contributed by atoms with E-state index in [2.05, 4.69) is 99.0 Å². The number of benzene rings is 3. The van der Waals surface area contributed by atoms with Crippen molar-refractivity contribution in [1.82, 2.24) is 4.90 Å². The van der Waals surface area contributed by atoms with Crippen LogP contribution < -0.4 is 4.74 Å². The first-order chi connectivity index (χ1) is 15.2. The first kappa shape index (κ1) is 20.0. The Morgan fingerprint density at radius 2 is 1.77 bits per heavy atom. The summed E-state index contributed by atoms with van der Waals surface area (Å²) in [6, 6.07) is 29.6. The molecule has 4 aromatic rings. The van der Waals surface area contributed by atoms with Gasteiger partial charge in [-0.25, -0.2) is 4.99 Å². The smallest absolute Gasteiger partial charge is 0.137 e. The van der Waals surface area contributed by atoms with Gasteiger partial charge in [0.1, 0.15) is 11.6 Å². The van der Waals surface area contributed by atoms with Gasteiger partial charge in [-0.05, 0) is 59.5 Å². The summed E-state index contributed by atoms with van der Waals surface area (Å²) >= 11 is 5.44. The van der Waals surface area contributed by atoms with E-state index in [4.69, 9.17) is 9.73 Å². The molecule has 0 radical (unpaired) electrons. The third-order valence-corrected chi connectivity index (χ3v) is 6.82. The second kappa shape index (κ2) is 8.69. The van der Waals surface area contributed by atoms with Crippen LogP contribution >= 0.6 is 27.3 Å². The Balaban J connectivity index is 1.71. The number of hydrogen-bond donors (Lipinski definition) is 0. The minimum atomic E-state index is 0.0606. The topological polar surface area (TPSA) is 24.8 Å². The summed E-state index contributed by atoms with van der Waals surface area (Å²) in [5.41, 5.74) is 4.53. The molecule has 0 amide bonds. The van der Waals surface area contributed by atoms with Crippen molar-refractivity contribution in [3.8, 4) is 5.75 Å². The predicted octanol–water partition coefficient (Wildman–Crippen LogP) is 7.20. The van der Waals surface area contributed by atoms with Crippen molar-refractivity contribution in [2.75, 3.05) is 7.11 Å². The number of aliphatic imine (C=N–C) groups is 1. The van der Waals surface area contributed by atoms with Crippen LogP contribution in [0, 0.1) is 0 Å². The number of amidine groups is 1. The number of hydrogen-bond acceptors (Lipinski definition) is 4. The first-order valence-electron chi connectivity index (χ1n) is 10.1. The molecule has 1 aliphatic heterocycles. The van der Waals surface area contributed by atoms with E-state index in [0.717, 1.165) is 33.9 Å². The van der Waals surface area contributed by atoms with Crippen molar-refractivity contribution in [2.45, 2.75) is 12.6 Å². The molecule has 3 aromatic carbocycles. The summed E-state index contributed by atoms with van der Waals surface area (Å²) in [4.78, 5) is 8.86. The van der Waals surface area contributed by atoms with E-state index >= 15 is 0 Å². The molecule has 0 aliphatic carbocycles. The second-order valence-electron chi connectivity index (χ2n) is 7.39. The van der Waals surface area contributed by atoms with Crippen molar-refractivity contribution >= 4 is 38.8 Å². The zero-order valence-corrected chi connectivity index (χ0v) is 19.4. The number of halogens is 1. The summed E-state index contributed by atoms with van der Waals surface area (Å²) in [6.07, 6.45) is 0. The van der Waals surface area contributed by atoms with Gasteiger partial charge in [-0.3, -0.25) is 0 Å². The Morgan fingerprint density at radius 1 is 0.968 bits per heavy atom. The minimum absolute atomic E-state index is 0.0606. The molecule has 154 valence electrons. The van der Waals surface area contributed by atoms with Gasteiger partial charge in [0.25, 0.3) is 0 Å². The summed E-state index contributed by atoms with van der Waals surface area (Å²) in [6.45, 7) is 0.786. The fourth-order valence-corrected chi connectivity index (χ4v) is 5.10. The molecule has 5 rings (SSSR count). The lowest BCUT2D eigenvalue weighted by molar-refractivity contribution is 0.348. The first-order valence-corrected chi connectivity index (χ1v) is 11.8. The van der Waals surface area contributed by atoms with Crippen LogP contribution in [0.5, 0.6) is 5.75 Å². The maximum Gasteiger partial charge on any atom is 0.137 e. The number of rotatable bonds is 5. The third kappa shape index (κ3) is 4.03. The third-order valence-electron chi connectivity index (χ3n) is 5.46. The Kier molecular flexibility index (Phi) is 5.62. The Labute approximate surface area is 194 Å². The number of fused-ring (bicyclic) bond motifs is 1. The van der Waals surface area contributed by atoms with E-state index in [9.17, 15) is 0 Å². The Bertz CT molecular complexity index is 1200. The summed E-state index contributed by atoms with van der Waals surface area (Å²) in [5.74, 6) is 1.81. The largest absolute Gasteiger partial charge is 0.497 e. The van der Waals surface area contributed by atoms with E-state index in [-0.39, 0.29) is 6.04 Å². The molecule has 0 spiro atoms. The van der Waals surface area contributed by atoms with Gasteiger partial charge in [0.05, 0.1) is 25.4 Å². The van der Waals surface area contributed by atoms with Crippen LogP contribution in [0.15, 0.2) is 99.8 Å². The highest BCUT2D eigenvalue weighted by molar-refractivity contribution is 9.10. The quantitative estimate of drug-likeness (QED) is 0.296. The lowest BCUT2D eigenvalue weighted by atomic mass is 9.93. The summed E-state index contributed by atoms with van der Waals surface area (Å²) in [7, 11) is 1.69. The molecule has 0 N–H and O–H groups in total. The molecular formula is C26H21BrN2OS. The molecular weight excluding hydrogens is 468 g/mol. The fraction of sp³-hybridized carbons (Fsp3) is 0.115. The van der Waals surface area contributed by atoms with Crippen LogP contribution in [-0.2, 0) is 6.54 Å². The van der Waals surface area contributed by atoms with Crippen LogP contribution in [-0.4, -0.2) is 17.8 Å². The summed E-state index contributed by atoms with van der Waals surface area (Å²) in [5, 5.41) is 2.13. The molecule has 1 unspecified atom stereocenters. The maximum atomic E-state index is 5.37. The van der Waals surface area contributed by atoms with Gasteiger partial charge < -0.3 is 9.64 Å². The van der Waals surface area contributed by atoms with Crippen molar-refractivity contribution in [2.24, 2.45) is 4.99 Å². The molecule has 1 aliphatic rings. The lowest BCUT2D eigenvalue weighted by Gasteiger charge is -2.39. The maximum absolute atomic E-state index is 5.37. The molecule has 1 aromatic heterocycles. The van der Waals surface area contributed by atoms with Crippen molar-refractivity contribution in [3.63, 3.8) is 0 Å². The van der Waals surface area contributed by atoms with E-state index < -0.39 is 0 Å². The van der Waals surface area contributed by atoms with Gasteiger partial charge in [-0.15, -0.1) is 11.3 Å². The van der Waals surface area contributed by atoms with E-state index in [0.29, 0.717) is 0 Å². The molecule has 1 atom stereocenters. The van der Waals surface area contributed by atoms with Gasteiger partial charge in [0.15, 0.2) is 0 Å². The Morgan fingerprint density at radius 3 is 2.48 bits per heavy atom. The number of thiophene rings is 1. The lowest BCUT2D eigenvalue weighted by Crippen LogP contribution is -2.37. The SMILES string of the molecule is COc1ccc(C2=Nc3ccc(Br)cc3C(c3ccccc3)N2Cc2cccs2)cc1. The predicted molar refractivity (Wildman–Crippen MR) is 131 cm³/mol. The van der Waals surface area contributed by atoms with Gasteiger partial charge in [0, 0.05) is 20.5 Å². The number of ether oxygens (including phenoxy) is 1. The molecule has 0 saturated heterocycles. The molecule has 5 heteroatoms. The number of methoxy groups -OCH3 is 1. The normalized spacial score (nSPS) is 15.4. The average Bonchev–Trinajstić information content (AvgIpc) is 3.32. The Hall–Kier alpha value is -2.89. The highest BCUT2D eigenvalue weighted by atomic mass is 79.9. The minimum Gasteiger partial charge on any atom is -0.497 e. The molecule has 0 bridgehead atoms. The number of nitrogens with zero attached hydrogens (tertiary/aromatic N) is 2. The van der Waals surface area contributed by atoms with Gasteiger partial charge >= 0.3 is 0 Å². The van der Waals surface area contributed by atoms with E-state index in [1.807, 2.05) is 12.1 Å². The van der Waals surface area contributed by atoms with Crippen LogP contribution in [0.4, 0.5) is 5.69 Å². The van der Waals surface area contributed by atoms with E-state index in [1.165, 1.54) is 16.0 Å². The zero-order valence-electron chi connectivity index (χ0n) is 17.0. The second-order valence-corrected chi connectivity index (χ2v) is 9.34. The molecule has 2 heterocycles. The van der Waals surface area contributed by atoms with E-state index in [1.54, 1.807) is 18.4 Å².